The zero-order valence-corrected chi connectivity index (χ0v) is 7.85. The maximum absolute atomic E-state index is 11.9. The molecule has 10 heteroatoms. The van der Waals surface area contributed by atoms with Crippen LogP contribution in [0.5, 0.6) is 5.88 Å². The molecule has 0 aromatic carbocycles. The molecular weight excluding hydrogens is 245 g/mol. The van der Waals surface area contributed by atoms with Crippen LogP contribution in [-0.2, 0) is 0 Å². The summed E-state index contributed by atoms with van der Waals surface area (Å²) in [5.74, 6) is -2.22. The van der Waals surface area contributed by atoms with Gasteiger partial charge in [-0.1, -0.05) is 0 Å². The summed E-state index contributed by atoms with van der Waals surface area (Å²) < 4.78 is 39.1. The number of hydrogen-bond acceptors (Lipinski definition) is 6. The number of nitrogens with two attached hydrogens (primary N) is 1. The molecule has 1 aromatic heterocycles. The first-order valence-electron chi connectivity index (χ1n) is 3.85. The quantitative estimate of drug-likeness (QED) is 0.623. The SMILES string of the molecule is N#Cc1cc(N)c([N+](=O)[O-])nc1OC(F)(F)F. The second-order valence-electron chi connectivity index (χ2n) is 2.67. The van der Waals surface area contributed by atoms with Crippen LogP contribution < -0.4 is 10.5 Å². The molecule has 1 aromatic rings. The Hall–Kier alpha value is -2.57. The van der Waals surface area contributed by atoms with Crippen molar-refractivity contribution in [2.24, 2.45) is 0 Å². The average Bonchev–Trinajstić information content (AvgIpc) is 2.17. The maximum atomic E-state index is 11.9. The molecule has 0 radical (unpaired) electrons. The van der Waals surface area contributed by atoms with Gasteiger partial charge in [-0.05, 0) is 11.0 Å². The fourth-order valence-corrected chi connectivity index (χ4v) is 0.916. The van der Waals surface area contributed by atoms with Gasteiger partial charge in [0.2, 0.25) is 0 Å². The van der Waals surface area contributed by atoms with Gasteiger partial charge in [0.25, 0.3) is 0 Å². The Morgan fingerprint density at radius 1 is 1.59 bits per heavy atom. The molecular formula is C7H3F3N4O3. The molecule has 17 heavy (non-hydrogen) atoms. The summed E-state index contributed by atoms with van der Waals surface area (Å²) in [7, 11) is 0. The maximum Gasteiger partial charge on any atom is 0.575 e. The van der Waals surface area contributed by atoms with Gasteiger partial charge in [0.1, 0.15) is 17.3 Å². The lowest BCUT2D eigenvalue weighted by atomic mass is 10.2. The molecule has 0 bridgehead atoms. The van der Waals surface area contributed by atoms with E-state index in [-0.39, 0.29) is 0 Å². The molecule has 1 heterocycles. The molecule has 0 saturated heterocycles. The van der Waals surface area contributed by atoms with E-state index in [9.17, 15) is 23.3 Å². The number of alkyl halides is 3. The highest BCUT2D eigenvalue weighted by molar-refractivity contribution is 5.59. The molecule has 0 spiro atoms. The van der Waals surface area contributed by atoms with E-state index in [1.807, 2.05) is 0 Å². The van der Waals surface area contributed by atoms with Crippen LogP contribution in [0.25, 0.3) is 0 Å². The minimum atomic E-state index is -5.11. The number of ether oxygens (including phenoxy) is 1. The largest absolute Gasteiger partial charge is 0.575 e. The van der Waals surface area contributed by atoms with E-state index in [2.05, 4.69) is 9.72 Å². The van der Waals surface area contributed by atoms with Gasteiger partial charge < -0.3 is 20.6 Å². The molecule has 0 fully saturated rings. The second-order valence-corrected chi connectivity index (χ2v) is 2.67. The number of pyridine rings is 1. The summed E-state index contributed by atoms with van der Waals surface area (Å²) in [6.07, 6.45) is -5.11. The summed E-state index contributed by atoms with van der Waals surface area (Å²) in [4.78, 5) is 12.2. The molecule has 90 valence electrons. The van der Waals surface area contributed by atoms with Crippen molar-refractivity contribution in [3.63, 3.8) is 0 Å². The number of rotatable bonds is 2. The van der Waals surface area contributed by atoms with Crippen LogP contribution in [0.3, 0.4) is 0 Å². The van der Waals surface area contributed by atoms with Gasteiger partial charge >= 0.3 is 18.1 Å². The van der Waals surface area contributed by atoms with Gasteiger partial charge in [-0.15, -0.1) is 13.2 Å². The minimum Gasteiger partial charge on any atom is -0.392 e. The van der Waals surface area contributed by atoms with Crippen molar-refractivity contribution < 1.29 is 22.8 Å². The van der Waals surface area contributed by atoms with Gasteiger partial charge in [0.15, 0.2) is 0 Å². The Balaban J connectivity index is 3.33. The molecule has 0 atom stereocenters. The van der Waals surface area contributed by atoms with E-state index in [4.69, 9.17) is 11.0 Å². The Morgan fingerprint density at radius 3 is 2.59 bits per heavy atom. The summed E-state index contributed by atoms with van der Waals surface area (Å²) in [5.41, 5.74) is 3.96. The molecule has 0 amide bonds. The molecule has 7 nitrogen and oxygen atoms in total. The van der Waals surface area contributed by atoms with E-state index in [1.165, 1.54) is 6.07 Å². The zero-order valence-electron chi connectivity index (χ0n) is 7.85. The predicted molar refractivity (Wildman–Crippen MR) is 46.7 cm³/mol. The monoisotopic (exact) mass is 248 g/mol. The summed E-state index contributed by atoms with van der Waals surface area (Å²) >= 11 is 0. The number of aromatic nitrogens is 1. The third-order valence-electron chi connectivity index (χ3n) is 1.50. The molecule has 2 N–H and O–H groups in total. The topological polar surface area (TPSA) is 115 Å². The number of halogens is 3. The Bertz CT molecular complexity index is 508. The van der Waals surface area contributed by atoms with Gasteiger partial charge in [-0.25, -0.2) is 0 Å². The Morgan fingerprint density at radius 2 is 2.18 bits per heavy atom. The van der Waals surface area contributed by atoms with Gasteiger partial charge in [-0.2, -0.15) is 5.26 Å². The van der Waals surface area contributed by atoms with Gasteiger partial charge in [0.05, 0.1) is 0 Å². The molecule has 0 aliphatic carbocycles. The Labute approximate surface area is 91.4 Å². The first-order valence-corrected chi connectivity index (χ1v) is 3.85. The van der Waals surface area contributed by atoms with E-state index >= 15 is 0 Å². The highest BCUT2D eigenvalue weighted by atomic mass is 19.4. The average molecular weight is 248 g/mol. The highest BCUT2D eigenvalue weighted by Crippen LogP contribution is 2.29. The van der Waals surface area contributed by atoms with Crippen LogP contribution in [-0.4, -0.2) is 16.3 Å². The number of nitriles is 1. The Kier molecular flexibility index (Phi) is 3.03. The van der Waals surface area contributed by atoms with Crippen molar-refractivity contribution in [3.8, 4) is 11.9 Å². The third kappa shape index (κ3) is 2.94. The van der Waals surface area contributed by atoms with Crippen LogP contribution in [0.4, 0.5) is 24.7 Å². The molecule has 0 saturated carbocycles. The summed E-state index contributed by atoms with van der Waals surface area (Å²) in [5, 5.41) is 18.9. The predicted octanol–water partition coefficient (Wildman–Crippen LogP) is 1.34. The molecule has 0 unspecified atom stereocenters. The fourth-order valence-electron chi connectivity index (χ4n) is 0.916. The van der Waals surface area contributed by atoms with Crippen molar-refractivity contribution in [2.45, 2.75) is 6.36 Å². The number of hydrogen-bond donors (Lipinski definition) is 1. The molecule has 1 rings (SSSR count). The lowest BCUT2D eigenvalue weighted by Gasteiger charge is -2.06. The standard InChI is InChI=1S/C7H3F3N4O3/c8-7(9,10)17-6-3(2-11)1-4(12)5(13-6)14(15)16/h1H,12H2. The van der Waals surface area contributed by atoms with Gasteiger partial charge in [0, 0.05) is 4.98 Å². The lowest BCUT2D eigenvalue weighted by molar-refractivity contribution is -0.389. The van der Waals surface area contributed by atoms with Crippen LogP contribution >= 0.6 is 0 Å². The first kappa shape index (κ1) is 12.5. The number of nitrogen functional groups attached to an aromatic ring is 1. The summed E-state index contributed by atoms with van der Waals surface area (Å²) in [6.45, 7) is 0. The van der Waals surface area contributed by atoms with Crippen molar-refractivity contribution in [2.75, 3.05) is 5.73 Å². The van der Waals surface area contributed by atoms with Crippen LogP contribution in [0.15, 0.2) is 6.07 Å². The van der Waals surface area contributed by atoms with E-state index in [1.54, 1.807) is 0 Å². The van der Waals surface area contributed by atoms with Crippen LogP contribution in [0.1, 0.15) is 5.56 Å². The highest BCUT2D eigenvalue weighted by Gasteiger charge is 2.36. The van der Waals surface area contributed by atoms with Crippen LogP contribution in [0.2, 0.25) is 0 Å². The zero-order chi connectivity index (χ0) is 13.2. The minimum absolute atomic E-state index is 0.527. The van der Waals surface area contributed by atoms with Gasteiger partial charge in [-0.3, -0.25) is 0 Å². The second kappa shape index (κ2) is 4.12. The lowest BCUT2D eigenvalue weighted by Crippen LogP contribution is -2.19. The smallest absolute Gasteiger partial charge is 0.392 e. The van der Waals surface area contributed by atoms with E-state index < -0.39 is 34.2 Å². The normalized spacial score (nSPS) is 10.7. The van der Waals surface area contributed by atoms with Crippen LogP contribution in [0, 0.1) is 21.4 Å². The first-order chi connectivity index (χ1) is 7.74. The third-order valence-corrected chi connectivity index (χ3v) is 1.50. The van der Waals surface area contributed by atoms with E-state index in [0.29, 0.717) is 6.07 Å². The van der Waals surface area contributed by atoms with Crippen molar-refractivity contribution >= 4 is 11.5 Å². The van der Waals surface area contributed by atoms with Crippen molar-refractivity contribution in [1.29, 1.82) is 5.26 Å². The number of nitro groups is 1. The molecule has 0 aliphatic rings. The van der Waals surface area contributed by atoms with Crippen molar-refractivity contribution in [1.82, 2.24) is 4.98 Å². The van der Waals surface area contributed by atoms with E-state index in [0.717, 1.165) is 0 Å². The number of nitrogens with zero attached hydrogens (tertiary/aromatic N) is 3. The number of anilines is 1. The fraction of sp³-hybridized carbons (Fsp3) is 0.143. The van der Waals surface area contributed by atoms with Crippen molar-refractivity contribution in [3.05, 3.63) is 21.7 Å². The summed E-state index contributed by atoms with van der Waals surface area (Å²) in [6, 6.07) is 2.02. The molecule has 0 aliphatic heterocycles.